The molecule has 9 nitrogen and oxygen atoms in total. The fraction of sp³-hybridized carbons (Fsp3) is 0.571. The molecular weight excluding hydrogens is 306 g/mol. The largest absolute Gasteiger partial charge is 0.506 e. The van der Waals surface area contributed by atoms with E-state index in [-0.39, 0.29) is 5.76 Å². The number of aromatic amines is 1. The van der Waals surface area contributed by atoms with Crippen LogP contribution in [-0.2, 0) is 14.2 Å². The topological polar surface area (TPSA) is 106 Å². The molecule has 1 aromatic heterocycles. The van der Waals surface area contributed by atoms with Gasteiger partial charge in [-0.25, -0.2) is 4.79 Å². The number of methoxy groups -OCH3 is 1. The van der Waals surface area contributed by atoms with Crippen LogP contribution in [0.5, 0.6) is 0 Å². The highest BCUT2D eigenvalue weighted by atomic mass is 16.6. The Hall–Kier alpha value is -2.10. The van der Waals surface area contributed by atoms with E-state index in [9.17, 15) is 14.7 Å². The Kier molecular flexibility index (Phi) is 4.51. The summed E-state index contributed by atoms with van der Waals surface area (Å²) in [6.45, 7) is 3.14. The molecule has 23 heavy (non-hydrogen) atoms. The summed E-state index contributed by atoms with van der Waals surface area (Å²) in [5.41, 5.74) is -1.12. The SMILES string of the molecule is COC1C(O)=C(CN2CCOCC2)O[C@H]1n1ccc(=O)[nH]c1=O. The molecular formula is C14H19N3O6. The van der Waals surface area contributed by atoms with Crippen molar-refractivity contribution >= 4 is 0 Å². The molecule has 0 bridgehead atoms. The van der Waals surface area contributed by atoms with Crippen molar-refractivity contribution in [2.24, 2.45) is 0 Å². The first-order chi connectivity index (χ1) is 11.1. The van der Waals surface area contributed by atoms with Gasteiger partial charge in [-0.3, -0.25) is 19.2 Å². The summed E-state index contributed by atoms with van der Waals surface area (Å²) >= 11 is 0. The average Bonchev–Trinajstić information content (AvgIpc) is 2.84. The minimum Gasteiger partial charge on any atom is -0.506 e. The third-order valence-electron chi connectivity index (χ3n) is 3.93. The zero-order chi connectivity index (χ0) is 16.4. The zero-order valence-electron chi connectivity index (χ0n) is 12.7. The third-order valence-corrected chi connectivity index (χ3v) is 3.93. The summed E-state index contributed by atoms with van der Waals surface area (Å²) in [6, 6.07) is 1.22. The molecule has 3 heterocycles. The molecule has 0 amide bonds. The second kappa shape index (κ2) is 6.57. The fourth-order valence-electron chi connectivity index (χ4n) is 2.70. The van der Waals surface area contributed by atoms with Gasteiger partial charge in [0.15, 0.2) is 17.6 Å². The first-order valence-electron chi connectivity index (χ1n) is 7.33. The molecule has 3 rings (SSSR count). The van der Waals surface area contributed by atoms with Crippen molar-refractivity contribution in [3.8, 4) is 0 Å². The van der Waals surface area contributed by atoms with E-state index >= 15 is 0 Å². The van der Waals surface area contributed by atoms with Crippen LogP contribution in [0.3, 0.4) is 0 Å². The first kappa shape index (κ1) is 15.8. The molecule has 1 aromatic rings. The van der Waals surface area contributed by atoms with Crippen LogP contribution in [0.1, 0.15) is 6.23 Å². The maximum Gasteiger partial charge on any atom is 0.331 e. The van der Waals surface area contributed by atoms with Crippen LogP contribution in [0, 0.1) is 0 Å². The van der Waals surface area contributed by atoms with Gasteiger partial charge in [0, 0.05) is 32.5 Å². The summed E-state index contributed by atoms with van der Waals surface area (Å²) < 4.78 is 17.5. The van der Waals surface area contributed by atoms with Gasteiger partial charge in [-0.2, -0.15) is 0 Å². The first-order valence-corrected chi connectivity index (χ1v) is 7.33. The van der Waals surface area contributed by atoms with Crippen LogP contribution in [0.4, 0.5) is 0 Å². The normalized spacial score (nSPS) is 25.6. The van der Waals surface area contributed by atoms with E-state index in [0.29, 0.717) is 25.5 Å². The molecule has 1 fully saturated rings. The van der Waals surface area contributed by atoms with Crippen molar-refractivity contribution in [1.82, 2.24) is 14.5 Å². The van der Waals surface area contributed by atoms with Gasteiger partial charge in [0.25, 0.3) is 5.56 Å². The molecule has 0 aromatic carbocycles. The Labute approximate surface area is 131 Å². The number of ether oxygens (including phenoxy) is 3. The average molecular weight is 325 g/mol. The lowest BCUT2D eigenvalue weighted by atomic mass is 10.2. The molecule has 2 aliphatic rings. The second-order valence-electron chi connectivity index (χ2n) is 5.38. The smallest absolute Gasteiger partial charge is 0.331 e. The molecule has 2 N–H and O–H groups in total. The Balaban J connectivity index is 1.82. The zero-order valence-corrected chi connectivity index (χ0v) is 12.7. The Morgan fingerprint density at radius 1 is 1.39 bits per heavy atom. The van der Waals surface area contributed by atoms with Crippen molar-refractivity contribution in [2.75, 3.05) is 40.0 Å². The lowest BCUT2D eigenvalue weighted by molar-refractivity contribution is -0.0386. The van der Waals surface area contributed by atoms with E-state index in [1.165, 1.54) is 23.9 Å². The van der Waals surface area contributed by atoms with Gasteiger partial charge in [0.05, 0.1) is 19.8 Å². The van der Waals surface area contributed by atoms with E-state index in [4.69, 9.17) is 14.2 Å². The second-order valence-corrected chi connectivity index (χ2v) is 5.38. The van der Waals surface area contributed by atoms with Crippen LogP contribution in [-0.4, -0.2) is 65.6 Å². The summed E-state index contributed by atoms with van der Waals surface area (Å²) in [7, 11) is 1.42. The number of H-pyrrole nitrogens is 1. The van der Waals surface area contributed by atoms with Crippen LogP contribution < -0.4 is 11.2 Å². The van der Waals surface area contributed by atoms with E-state index < -0.39 is 23.6 Å². The maximum absolute atomic E-state index is 11.9. The van der Waals surface area contributed by atoms with Crippen LogP contribution in [0.25, 0.3) is 0 Å². The molecule has 1 saturated heterocycles. The molecule has 0 spiro atoms. The third kappa shape index (κ3) is 3.16. The van der Waals surface area contributed by atoms with Gasteiger partial charge in [-0.1, -0.05) is 0 Å². The van der Waals surface area contributed by atoms with E-state index in [2.05, 4.69) is 9.88 Å². The number of aliphatic hydroxyl groups is 1. The number of hydrogen-bond acceptors (Lipinski definition) is 7. The molecule has 9 heteroatoms. The van der Waals surface area contributed by atoms with Crippen molar-refractivity contribution in [2.45, 2.75) is 12.3 Å². The van der Waals surface area contributed by atoms with Crippen LogP contribution in [0.15, 0.2) is 33.4 Å². The quantitative estimate of drug-likeness (QED) is 0.745. The standard InChI is InChI=1S/C14H19N3O6/c1-21-12-11(19)9(8-16-4-6-22-7-5-16)23-13(12)17-3-2-10(18)15-14(17)20/h2-3,12-13,19H,4-8H2,1H3,(H,15,18,20)/t12?,13-/m1/s1. The monoisotopic (exact) mass is 325 g/mol. The lowest BCUT2D eigenvalue weighted by Gasteiger charge is -2.27. The number of rotatable bonds is 4. The molecule has 1 unspecified atom stereocenters. The van der Waals surface area contributed by atoms with Gasteiger partial charge in [-0.15, -0.1) is 0 Å². The fourth-order valence-corrected chi connectivity index (χ4v) is 2.70. The predicted molar refractivity (Wildman–Crippen MR) is 79.2 cm³/mol. The number of morpholine rings is 1. The van der Waals surface area contributed by atoms with Gasteiger partial charge < -0.3 is 19.3 Å². The highest BCUT2D eigenvalue weighted by molar-refractivity contribution is 5.15. The number of aromatic nitrogens is 2. The molecule has 2 aliphatic heterocycles. The predicted octanol–water partition coefficient (Wildman–Crippen LogP) is -0.818. The van der Waals surface area contributed by atoms with Crippen molar-refractivity contribution in [3.05, 3.63) is 44.6 Å². The minimum absolute atomic E-state index is 0.0397. The summed E-state index contributed by atoms with van der Waals surface area (Å²) in [5, 5.41) is 10.3. The molecule has 2 atom stereocenters. The van der Waals surface area contributed by atoms with E-state index in [0.717, 1.165) is 13.1 Å². The number of aliphatic hydroxyl groups excluding tert-OH is 1. The van der Waals surface area contributed by atoms with Crippen molar-refractivity contribution in [3.63, 3.8) is 0 Å². The molecule has 0 aliphatic carbocycles. The van der Waals surface area contributed by atoms with Crippen LogP contribution in [0.2, 0.25) is 0 Å². The Bertz CT molecular complexity index is 703. The Morgan fingerprint density at radius 2 is 2.13 bits per heavy atom. The highest BCUT2D eigenvalue weighted by Gasteiger charge is 2.39. The van der Waals surface area contributed by atoms with Crippen LogP contribution >= 0.6 is 0 Å². The summed E-state index contributed by atoms with van der Waals surface area (Å²) in [6.07, 6.45) is -0.349. The molecule has 0 saturated carbocycles. The lowest BCUT2D eigenvalue weighted by Crippen LogP contribution is -2.38. The van der Waals surface area contributed by atoms with Crippen molar-refractivity contribution in [1.29, 1.82) is 0 Å². The Morgan fingerprint density at radius 3 is 2.78 bits per heavy atom. The van der Waals surface area contributed by atoms with Gasteiger partial charge in [0.2, 0.25) is 6.23 Å². The van der Waals surface area contributed by atoms with Crippen molar-refractivity contribution < 1.29 is 19.3 Å². The maximum atomic E-state index is 11.9. The molecule has 126 valence electrons. The van der Waals surface area contributed by atoms with Gasteiger partial charge >= 0.3 is 5.69 Å². The number of hydrogen-bond donors (Lipinski definition) is 2. The minimum atomic E-state index is -0.861. The van der Waals surface area contributed by atoms with Gasteiger partial charge in [0.1, 0.15) is 0 Å². The number of nitrogens with one attached hydrogen (secondary N) is 1. The number of nitrogens with zero attached hydrogens (tertiary/aromatic N) is 2. The van der Waals surface area contributed by atoms with Gasteiger partial charge in [-0.05, 0) is 0 Å². The highest BCUT2D eigenvalue weighted by Crippen LogP contribution is 2.32. The molecule has 0 radical (unpaired) electrons. The van der Waals surface area contributed by atoms with E-state index in [1.807, 2.05) is 0 Å². The van der Waals surface area contributed by atoms with E-state index in [1.54, 1.807) is 0 Å². The summed E-state index contributed by atoms with van der Waals surface area (Å²) in [4.78, 5) is 27.4. The summed E-state index contributed by atoms with van der Waals surface area (Å²) in [5.74, 6) is 0.323.